The first-order chi connectivity index (χ1) is 5.15. The van der Waals surface area contributed by atoms with E-state index < -0.39 is 0 Å². The van der Waals surface area contributed by atoms with Crippen LogP contribution in [-0.2, 0) is 6.54 Å². The Labute approximate surface area is 78.2 Å². The number of hydrogen-bond acceptors (Lipinski definition) is 1. The van der Waals surface area contributed by atoms with Crippen LogP contribution in [0.1, 0.15) is 16.7 Å². The molecule has 0 atom stereocenters. The summed E-state index contributed by atoms with van der Waals surface area (Å²) in [4.78, 5) is 0. The van der Waals surface area contributed by atoms with Gasteiger partial charge < -0.3 is 5.73 Å². The van der Waals surface area contributed by atoms with Gasteiger partial charge >= 0.3 is 0 Å². The van der Waals surface area contributed by atoms with Gasteiger partial charge in [-0.25, -0.2) is 4.39 Å². The van der Waals surface area contributed by atoms with Crippen LogP contribution in [0.15, 0.2) is 12.1 Å². The Morgan fingerprint density at radius 3 is 2.00 bits per heavy atom. The molecule has 0 aliphatic rings. The molecule has 1 nitrogen and oxygen atoms in total. The van der Waals surface area contributed by atoms with Gasteiger partial charge in [0.25, 0.3) is 0 Å². The van der Waals surface area contributed by atoms with Gasteiger partial charge in [-0.1, -0.05) is 0 Å². The SMILES string of the molecule is Cc1cc(F)cc(C)c1CN.Cl. The van der Waals surface area contributed by atoms with Gasteiger partial charge in [0.15, 0.2) is 0 Å². The van der Waals surface area contributed by atoms with Crippen molar-refractivity contribution in [3.05, 3.63) is 34.6 Å². The number of rotatable bonds is 1. The highest BCUT2D eigenvalue weighted by Gasteiger charge is 2.01. The van der Waals surface area contributed by atoms with Crippen LogP contribution in [0, 0.1) is 19.7 Å². The van der Waals surface area contributed by atoms with Crippen LogP contribution in [0.4, 0.5) is 4.39 Å². The molecule has 1 rings (SSSR count). The summed E-state index contributed by atoms with van der Waals surface area (Å²) in [6, 6.07) is 3.02. The molecule has 0 bridgehead atoms. The first-order valence-electron chi connectivity index (χ1n) is 3.61. The average Bonchev–Trinajstić information content (AvgIpc) is 1.85. The molecule has 0 aliphatic heterocycles. The predicted molar refractivity (Wildman–Crippen MR) is 51.0 cm³/mol. The third-order valence-electron chi connectivity index (χ3n) is 1.86. The van der Waals surface area contributed by atoms with Crippen LogP contribution in [0.3, 0.4) is 0 Å². The fourth-order valence-electron chi connectivity index (χ4n) is 1.26. The summed E-state index contributed by atoms with van der Waals surface area (Å²) in [6.45, 7) is 4.23. The highest BCUT2D eigenvalue weighted by molar-refractivity contribution is 5.85. The highest BCUT2D eigenvalue weighted by Crippen LogP contribution is 2.14. The third kappa shape index (κ3) is 2.19. The molecule has 0 radical (unpaired) electrons. The van der Waals surface area contributed by atoms with Crippen molar-refractivity contribution in [3.8, 4) is 0 Å². The maximum Gasteiger partial charge on any atom is 0.123 e. The molecule has 0 saturated heterocycles. The summed E-state index contributed by atoms with van der Waals surface area (Å²) < 4.78 is 12.7. The topological polar surface area (TPSA) is 26.0 Å². The Hall–Kier alpha value is -0.600. The van der Waals surface area contributed by atoms with Gasteiger partial charge in [0.05, 0.1) is 0 Å². The van der Waals surface area contributed by atoms with Crippen LogP contribution in [0.25, 0.3) is 0 Å². The molecule has 0 aromatic heterocycles. The zero-order valence-electron chi connectivity index (χ0n) is 7.23. The van der Waals surface area contributed by atoms with Crippen molar-refractivity contribution in [1.82, 2.24) is 0 Å². The molecule has 1 aromatic rings. The quantitative estimate of drug-likeness (QED) is 0.721. The van der Waals surface area contributed by atoms with Gasteiger partial charge in [-0.2, -0.15) is 0 Å². The summed E-state index contributed by atoms with van der Waals surface area (Å²) in [6.07, 6.45) is 0. The molecule has 12 heavy (non-hydrogen) atoms. The number of nitrogens with two attached hydrogens (primary N) is 1. The number of aryl methyl sites for hydroxylation is 2. The van der Waals surface area contributed by atoms with E-state index in [-0.39, 0.29) is 18.2 Å². The number of benzene rings is 1. The molecule has 0 fully saturated rings. The van der Waals surface area contributed by atoms with Crippen molar-refractivity contribution in [2.75, 3.05) is 0 Å². The summed E-state index contributed by atoms with van der Waals surface area (Å²) in [7, 11) is 0. The Bertz CT molecular complexity index is 250. The van der Waals surface area contributed by atoms with Crippen LogP contribution < -0.4 is 5.73 Å². The minimum atomic E-state index is -0.183. The van der Waals surface area contributed by atoms with Crippen molar-refractivity contribution >= 4 is 12.4 Å². The van der Waals surface area contributed by atoms with Gasteiger partial charge in [0, 0.05) is 6.54 Å². The first-order valence-corrected chi connectivity index (χ1v) is 3.61. The van der Waals surface area contributed by atoms with E-state index in [1.807, 2.05) is 13.8 Å². The van der Waals surface area contributed by atoms with Gasteiger partial charge in [0.1, 0.15) is 5.82 Å². The number of halogens is 2. The Morgan fingerprint density at radius 2 is 1.67 bits per heavy atom. The summed E-state index contributed by atoms with van der Waals surface area (Å²) in [5.41, 5.74) is 8.40. The minimum absolute atomic E-state index is 0. The van der Waals surface area contributed by atoms with Gasteiger partial charge in [0.2, 0.25) is 0 Å². The Kier molecular flexibility index (Phi) is 4.21. The maximum atomic E-state index is 12.7. The van der Waals surface area contributed by atoms with E-state index >= 15 is 0 Å². The van der Waals surface area contributed by atoms with Crippen LogP contribution in [0.5, 0.6) is 0 Å². The molecule has 0 unspecified atom stereocenters. The second-order valence-corrected chi connectivity index (χ2v) is 2.72. The molecular formula is C9H13ClFN. The molecule has 3 heteroatoms. The van der Waals surface area contributed by atoms with E-state index in [0.717, 1.165) is 16.7 Å². The molecule has 0 saturated carbocycles. The van der Waals surface area contributed by atoms with E-state index in [0.29, 0.717) is 6.54 Å². The smallest absolute Gasteiger partial charge is 0.123 e. The first kappa shape index (κ1) is 11.4. The molecule has 0 aliphatic carbocycles. The fourth-order valence-corrected chi connectivity index (χ4v) is 1.26. The zero-order valence-corrected chi connectivity index (χ0v) is 8.04. The predicted octanol–water partition coefficient (Wildman–Crippen LogP) is 2.32. The Balaban J connectivity index is 0.00000121. The Morgan fingerprint density at radius 1 is 1.25 bits per heavy atom. The molecule has 2 N–H and O–H groups in total. The molecule has 68 valence electrons. The van der Waals surface area contributed by atoms with Crippen LogP contribution >= 0.6 is 12.4 Å². The summed E-state index contributed by atoms with van der Waals surface area (Å²) >= 11 is 0. The lowest BCUT2D eigenvalue weighted by atomic mass is 10.0. The van der Waals surface area contributed by atoms with Gasteiger partial charge in [-0.3, -0.25) is 0 Å². The van der Waals surface area contributed by atoms with Crippen molar-refractivity contribution in [3.63, 3.8) is 0 Å². The van der Waals surface area contributed by atoms with Crippen LogP contribution in [-0.4, -0.2) is 0 Å². The normalized spacial score (nSPS) is 9.33. The van der Waals surface area contributed by atoms with E-state index in [9.17, 15) is 4.39 Å². The molecule has 1 aromatic carbocycles. The number of hydrogen-bond donors (Lipinski definition) is 1. The lowest BCUT2D eigenvalue weighted by molar-refractivity contribution is 0.624. The second-order valence-electron chi connectivity index (χ2n) is 2.72. The van der Waals surface area contributed by atoms with Crippen molar-refractivity contribution in [2.45, 2.75) is 20.4 Å². The van der Waals surface area contributed by atoms with Gasteiger partial charge in [-0.05, 0) is 42.7 Å². The van der Waals surface area contributed by atoms with Crippen LogP contribution in [0.2, 0.25) is 0 Å². The lowest BCUT2D eigenvalue weighted by Crippen LogP contribution is -2.02. The van der Waals surface area contributed by atoms with Gasteiger partial charge in [-0.15, -0.1) is 12.4 Å². The monoisotopic (exact) mass is 189 g/mol. The molecule has 0 amide bonds. The molecular weight excluding hydrogens is 177 g/mol. The summed E-state index contributed by atoms with van der Waals surface area (Å²) in [5.74, 6) is -0.183. The average molecular weight is 190 g/mol. The lowest BCUT2D eigenvalue weighted by Gasteiger charge is -2.06. The fraction of sp³-hybridized carbons (Fsp3) is 0.333. The largest absolute Gasteiger partial charge is 0.326 e. The highest BCUT2D eigenvalue weighted by atomic mass is 35.5. The minimum Gasteiger partial charge on any atom is -0.326 e. The molecule has 0 heterocycles. The second kappa shape index (κ2) is 4.43. The van der Waals surface area contributed by atoms with Crippen molar-refractivity contribution < 1.29 is 4.39 Å². The van der Waals surface area contributed by atoms with E-state index in [4.69, 9.17) is 5.73 Å². The van der Waals surface area contributed by atoms with E-state index in [2.05, 4.69) is 0 Å². The standard InChI is InChI=1S/C9H12FN.ClH/c1-6-3-8(10)4-7(2)9(6)5-11;/h3-4H,5,11H2,1-2H3;1H. The van der Waals surface area contributed by atoms with E-state index in [1.165, 1.54) is 12.1 Å². The maximum absolute atomic E-state index is 12.7. The zero-order chi connectivity index (χ0) is 8.43. The van der Waals surface area contributed by atoms with E-state index in [1.54, 1.807) is 0 Å². The molecule has 0 spiro atoms. The summed E-state index contributed by atoms with van der Waals surface area (Å²) in [5, 5.41) is 0. The van der Waals surface area contributed by atoms with Crippen molar-refractivity contribution in [2.24, 2.45) is 5.73 Å². The third-order valence-corrected chi connectivity index (χ3v) is 1.86. The van der Waals surface area contributed by atoms with Crippen molar-refractivity contribution in [1.29, 1.82) is 0 Å².